The third-order valence-corrected chi connectivity index (χ3v) is 6.82. The SMILES string of the molecule is C[C@@H]1CN([C@@H](C)CO)C(=O)c2cc(C3=CCCC3)cnc2O[C@H]1CN(C)C(=O)c1ccc(F)cc1. The van der Waals surface area contributed by atoms with Crippen molar-refractivity contribution in [3.05, 3.63) is 65.1 Å². The molecule has 4 rings (SSSR count). The van der Waals surface area contributed by atoms with Gasteiger partial charge in [-0.2, -0.15) is 0 Å². The Hall–Kier alpha value is -3.26. The molecule has 186 valence electrons. The van der Waals surface area contributed by atoms with Crippen molar-refractivity contribution in [2.45, 2.75) is 45.3 Å². The number of fused-ring (bicyclic) bond motifs is 1. The van der Waals surface area contributed by atoms with Crippen molar-refractivity contribution < 1.29 is 23.8 Å². The van der Waals surface area contributed by atoms with Gasteiger partial charge in [-0.3, -0.25) is 9.59 Å². The van der Waals surface area contributed by atoms with Crippen molar-refractivity contribution in [2.75, 3.05) is 26.7 Å². The van der Waals surface area contributed by atoms with Gasteiger partial charge in [-0.15, -0.1) is 0 Å². The Kier molecular flexibility index (Phi) is 7.50. The number of hydrogen-bond acceptors (Lipinski definition) is 5. The second-order valence-corrected chi connectivity index (χ2v) is 9.51. The van der Waals surface area contributed by atoms with E-state index >= 15 is 0 Å². The number of pyridine rings is 1. The highest BCUT2D eigenvalue weighted by molar-refractivity contribution is 5.97. The average Bonchev–Trinajstić information content (AvgIpc) is 3.40. The van der Waals surface area contributed by atoms with E-state index in [9.17, 15) is 19.1 Å². The van der Waals surface area contributed by atoms with Gasteiger partial charge < -0.3 is 19.6 Å². The number of aliphatic hydroxyl groups excluding tert-OH is 1. The molecule has 0 fully saturated rings. The average molecular weight is 482 g/mol. The fourth-order valence-corrected chi connectivity index (χ4v) is 4.59. The molecule has 0 unspecified atom stereocenters. The molecule has 0 bridgehead atoms. The number of aromatic nitrogens is 1. The summed E-state index contributed by atoms with van der Waals surface area (Å²) in [5, 5.41) is 9.83. The summed E-state index contributed by atoms with van der Waals surface area (Å²) in [5.41, 5.74) is 2.82. The summed E-state index contributed by atoms with van der Waals surface area (Å²) >= 11 is 0. The number of rotatable bonds is 6. The standard InChI is InChI=1S/C27H32FN3O4/c1-17-14-31(18(2)16-32)27(34)23-12-21(19-6-4-5-7-19)13-29-25(23)35-24(17)15-30(3)26(33)20-8-10-22(28)11-9-20/h6,8-13,17-18,24,32H,4-5,7,14-16H2,1-3H3/t17-,18+,24+/m1/s1. The zero-order valence-corrected chi connectivity index (χ0v) is 20.4. The normalized spacial score (nSPS) is 20.9. The summed E-state index contributed by atoms with van der Waals surface area (Å²) in [6, 6.07) is 6.87. The minimum Gasteiger partial charge on any atom is -0.472 e. The predicted octanol–water partition coefficient (Wildman–Crippen LogP) is 3.78. The van der Waals surface area contributed by atoms with E-state index < -0.39 is 11.9 Å². The summed E-state index contributed by atoms with van der Waals surface area (Å²) in [6.45, 7) is 4.20. The number of allylic oxidation sites excluding steroid dienone is 2. The van der Waals surface area contributed by atoms with E-state index in [0.717, 1.165) is 24.8 Å². The molecule has 1 aromatic carbocycles. The van der Waals surface area contributed by atoms with Crippen LogP contribution in [-0.2, 0) is 0 Å². The fourth-order valence-electron chi connectivity index (χ4n) is 4.59. The number of hydrogen-bond donors (Lipinski definition) is 1. The number of carbonyl (C=O) groups excluding carboxylic acids is 2. The summed E-state index contributed by atoms with van der Waals surface area (Å²) in [4.78, 5) is 34.2. The molecule has 2 amide bonds. The largest absolute Gasteiger partial charge is 0.472 e. The summed E-state index contributed by atoms with van der Waals surface area (Å²) in [5.74, 6) is -0.804. The molecule has 2 aromatic rings. The Morgan fingerprint density at radius 3 is 2.74 bits per heavy atom. The molecule has 0 spiro atoms. The monoisotopic (exact) mass is 481 g/mol. The molecule has 35 heavy (non-hydrogen) atoms. The lowest BCUT2D eigenvalue weighted by atomic mass is 9.99. The lowest BCUT2D eigenvalue weighted by molar-refractivity contribution is 0.0313. The number of benzene rings is 1. The number of nitrogens with zero attached hydrogens (tertiary/aromatic N) is 3. The molecule has 1 aliphatic carbocycles. The highest BCUT2D eigenvalue weighted by Gasteiger charge is 2.35. The molecule has 7 nitrogen and oxygen atoms in total. The van der Waals surface area contributed by atoms with E-state index in [1.807, 2.05) is 19.9 Å². The first-order valence-corrected chi connectivity index (χ1v) is 12.1. The van der Waals surface area contributed by atoms with Crippen molar-refractivity contribution in [3.63, 3.8) is 0 Å². The topological polar surface area (TPSA) is 83.0 Å². The molecule has 0 saturated heterocycles. The number of aliphatic hydroxyl groups is 1. The lowest BCUT2D eigenvalue weighted by Gasteiger charge is -2.37. The van der Waals surface area contributed by atoms with Crippen molar-refractivity contribution in [1.29, 1.82) is 0 Å². The molecule has 2 aliphatic rings. The van der Waals surface area contributed by atoms with Crippen LogP contribution in [0, 0.1) is 11.7 Å². The Bertz CT molecular complexity index is 1120. The van der Waals surface area contributed by atoms with Crippen LogP contribution in [0.2, 0.25) is 0 Å². The Morgan fingerprint density at radius 2 is 2.09 bits per heavy atom. The van der Waals surface area contributed by atoms with Crippen molar-refractivity contribution in [1.82, 2.24) is 14.8 Å². The first-order chi connectivity index (χ1) is 16.8. The van der Waals surface area contributed by atoms with E-state index in [-0.39, 0.29) is 42.8 Å². The molecule has 8 heteroatoms. The van der Waals surface area contributed by atoms with Crippen LogP contribution in [0.4, 0.5) is 4.39 Å². The molecule has 1 N–H and O–H groups in total. The Balaban J connectivity index is 1.64. The number of halogens is 1. The number of amides is 2. The van der Waals surface area contributed by atoms with Crippen molar-refractivity contribution in [3.8, 4) is 5.88 Å². The summed E-state index contributed by atoms with van der Waals surface area (Å²) < 4.78 is 19.6. The van der Waals surface area contributed by atoms with E-state index in [4.69, 9.17) is 4.74 Å². The van der Waals surface area contributed by atoms with Crippen LogP contribution in [0.15, 0.2) is 42.6 Å². The van der Waals surface area contributed by atoms with Crippen molar-refractivity contribution in [2.24, 2.45) is 5.92 Å². The van der Waals surface area contributed by atoms with Gasteiger partial charge in [0.05, 0.1) is 19.2 Å². The highest BCUT2D eigenvalue weighted by Crippen LogP contribution is 2.32. The molecule has 2 heterocycles. The van der Waals surface area contributed by atoms with Gasteiger partial charge in [-0.1, -0.05) is 13.0 Å². The minimum absolute atomic E-state index is 0.149. The zero-order chi connectivity index (χ0) is 25.1. The van der Waals surface area contributed by atoms with Crippen molar-refractivity contribution >= 4 is 17.4 Å². The van der Waals surface area contributed by atoms with Crippen LogP contribution in [0.5, 0.6) is 5.88 Å². The predicted molar refractivity (Wildman–Crippen MR) is 131 cm³/mol. The number of ether oxygens (including phenoxy) is 1. The molecule has 1 aliphatic heterocycles. The minimum atomic E-state index is -0.450. The van der Waals surface area contributed by atoms with Crippen LogP contribution < -0.4 is 4.74 Å². The van der Waals surface area contributed by atoms with Crippen LogP contribution in [0.3, 0.4) is 0 Å². The van der Waals surface area contributed by atoms with Crippen LogP contribution in [0.25, 0.3) is 5.57 Å². The van der Waals surface area contributed by atoms with Gasteiger partial charge >= 0.3 is 0 Å². The van der Waals surface area contributed by atoms with Gasteiger partial charge in [-0.25, -0.2) is 9.37 Å². The Morgan fingerprint density at radius 1 is 1.34 bits per heavy atom. The molecular weight excluding hydrogens is 449 g/mol. The molecular formula is C27H32FN3O4. The highest BCUT2D eigenvalue weighted by atomic mass is 19.1. The molecule has 3 atom stereocenters. The summed E-state index contributed by atoms with van der Waals surface area (Å²) in [7, 11) is 1.67. The van der Waals surface area contributed by atoms with Crippen LogP contribution in [-0.4, -0.2) is 70.6 Å². The molecule has 0 radical (unpaired) electrons. The second-order valence-electron chi connectivity index (χ2n) is 9.51. The number of likely N-dealkylation sites (N-methyl/N-ethyl adjacent to an activating group) is 1. The van der Waals surface area contributed by atoms with Gasteiger partial charge in [-0.05, 0) is 67.7 Å². The quantitative estimate of drug-likeness (QED) is 0.679. The summed E-state index contributed by atoms with van der Waals surface area (Å²) in [6.07, 6.45) is 6.50. The van der Waals surface area contributed by atoms with Gasteiger partial charge in [0.25, 0.3) is 11.8 Å². The van der Waals surface area contributed by atoms with Gasteiger partial charge in [0, 0.05) is 31.3 Å². The van der Waals surface area contributed by atoms with Gasteiger partial charge in [0.15, 0.2) is 0 Å². The molecule has 0 saturated carbocycles. The van der Waals surface area contributed by atoms with E-state index in [1.165, 1.54) is 34.7 Å². The maximum atomic E-state index is 13.5. The zero-order valence-electron chi connectivity index (χ0n) is 20.4. The van der Waals surface area contributed by atoms with E-state index in [1.54, 1.807) is 18.1 Å². The smallest absolute Gasteiger partial charge is 0.259 e. The maximum Gasteiger partial charge on any atom is 0.259 e. The van der Waals surface area contributed by atoms with Gasteiger partial charge in [0.1, 0.15) is 17.5 Å². The Labute approximate surface area is 205 Å². The third-order valence-electron chi connectivity index (χ3n) is 6.82. The first-order valence-electron chi connectivity index (χ1n) is 12.1. The second kappa shape index (κ2) is 10.6. The number of carbonyl (C=O) groups is 2. The van der Waals surface area contributed by atoms with Crippen LogP contribution >= 0.6 is 0 Å². The lowest BCUT2D eigenvalue weighted by Crippen LogP contribution is -2.50. The first kappa shape index (κ1) is 24.9. The fraction of sp³-hybridized carbons (Fsp3) is 0.444. The third kappa shape index (κ3) is 5.37. The molecule has 1 aromatic heterocycles. The van der Waals surface area contributed by atoms with Gasteiger partial charge in [0.2, 0.25) is 5.88 Å². The van der Waals surface area contributed by atoms with E-state index in [2.05, 4.69) is 11.1 Å². The maximum absolute atomic E-state index is 13.5. The van der Waals surface area contributed by atoms with Crippen LogP contribution in [0.1, 0.15) is 59.4 Å². The van der Waals surface area contributed by atoms with E-state index in [0.29, 0.717) is 17.7 Å².